The molecule has 4 N–H and O–H groups in total. The Labute approximate surface area is 245 Å². The average Bonchev–Trinajstić information content (AvgIpc) is 3.40. The number of fused-ring (bicyclic) bond motifs is 1. The highest BCUT2D eigenvalue weighted by Gasteiger charge is 2.28. The summed E-state index contributed by atoms with van der Waals surface area (Å²) >= 11 is 0. The van der Waals surface area contributed by atoms with Crippen LogP contribution in [0.5, 0.6) is 0 Å². The van der Waals surface area contributed by atoms with E-state index in [9.17, 15) is 9.59 Å². The van der Waals surface area contributed by atoms with Crippen molar-refractivity contribution in [1.29, 1.82) is 0 Å². The number of nitrogens with zero attached hydrogens (tertiary/aromatic N) is 6. The second kappa shape index (κ2) is 13.4. The number of hydrogen-bond acceptors (Lipinski definition) is 10. The topological polar surface area (TPSA) is 157 Å². The molecule has 4 aromatic heterocycles. The van der Waals surface area contributed by atoms with E-state index >= 15 is 0 Å². The fourth-order valence-corrected chi connectivity index (χ4v) is 4.71. The Morgan fingerprint density at radius 3 is 2.83 bits per heavy atom. The van der Waals surface area contributed by atoms with Gasteiger partial charge in [-0.2, -0.15) is 10.1 Å². The molecule has 0 amide bonds. The molecule has 0 aliphatic carbocycles. The van der Waals surface area contributed by atoms with Gasteiger partial charge in [-0.05, 0) is 44.0 Å². The molecule has 0 unspecified atom stereocenters. The van der Waals surface area contributed by atoms with Crippen LogP contribution in [0.25, 0.3) is 22.2 Å². The maximum absolute atomic E-state index is 12.6. The Morgan fingerprint density at radius 2 is 2.12 bits per heavy atom. The predicted molar refractivity (Wildman–Crippen MR) is 164 cm³/mol. The zero-order valence-electron chi connectivity index (χ0n) is 24.7. The first-order chi connectivity index (χ1) is 20.1. The number of hydrogen-bond donors (Lipinski definition) is 3. The maximum atomic E-state index is 12.6. The number of rotatable bonds is 14. The first-order valence-electron chi connectivity index (χ1n) is 14.0. The van der Waals surface area contributed by atoms with Crippen molar-refractivity contribution in [3.05, 3.63) is 71.1 Å². The van der Waals surface area contributed by atoms with Crippen LogP contribution in [0.15, 0.2) is 54.4 Å². The van der Waals surface area contributed by atoms with Crippen LogP contribution < -0.4 is 16.6 Å². The molecular formula is C30H39N9O3. The largest absolute Gasteiger partial charge is 0.460 e. The lowest BCUT2D eigenvalue weighted by atomic mass is 9.95. The third-order valence-corrected chi connectivity index (χ3v) is 6.99. The molecule has 12 nitrogen and oxygen atoms in total. The first kappa shape index (κ1) is 30.4. The van der Waals surface area contributed by atoms with E-state index in [4.69, 9.17) is 15.5 Å². The lowest BCUT2D eigenvalue weighted by Crippen LogP contribution is -2.41. The van der Waals surface area contributed by atoms with Gasteiger partial charge in [-0.25, -0.2) is 9.78 Å². The van der Waals surface area contributed by atoms with Gasteiger partial charge < -0.3 is 25.7 Å². The number of H-pyrrole nitrogens is 1. The van der Waals surface area contributed by atoms with E-state index in [0.717, 1.165) is 42.5 Å². The van der Waals surface area contributed by atoms with Gasteiger partial charge in [0.2, 0.25) is 11.5 Å². The van der Waals surface area contributed by atoms with Gasteiger partial charge >= 0.3 is 5.97 Å². The van der Waals surface area contributed by atoms with Crippen molar-refractivity contribution in [3.63, 3.8) is 0 Å². The summed E-state index contributed by atoms with van der Waals surface area (Å²) in [4.78, 5) is 43.5. The molecule has 0 saturated heterocycles. The number of aryl methyl sites for hydroxylation is 1. The van der Waals surface area contributed by atoms with Crippen molar-refractivity contribution in [1.82, 2.24) is 34.6 Å². The number of aromatic nitrogens is 6. The third-order valence-electron chi connectivity index (χ3n) is 6.99. The number of ether oxygens (including phenoxy) is 1. The normalized spacial score (nSPS) is 12.8. The molecule has 1 atom stereocenters. The van der Waals surface area contributed by atoms with Crippen LogP contribution in [0.2, 0.25) is 0 Å². The van der Waals surface area contributed by atoms with Crippen LogP contribution in [-0.2, 0) is 18.3 Å². The fraction of sp³-hybridized carbons (Fsp3) is 0.400. The number of nitrogens with two attached hydrogens (primary N) is 1. The standard InChI is InChI=1S/C30H39N9O3/c1-6-8-10-30(3,19-42-28(41)22-16-34-39(5)18-22)37-27-26-24(35-29(31)36-27)12-20(14-33-26)23-13-25(40)32-15-21(23)17-38(4)11-9-7-2/h7,12-16,18H,2,6,8-11,17,19H2,1,3-5H3,(H,32,40)(H3,31,35,36,37)/t30-/m1/s1. The molecule has 4 heterocycles. The molecule has 0 bridgehead atoms. The van der Waals surface area contributed by atoms with Gasteiger partial charge in [0.15, 0.2) is 5.82 Å². The number of aromatic amines is 1. The fourth-order valence-electron chi connectivity index (χ4n) is 4.71. The average molecular weight is 574 g/mol. The molecule has 0 spiro atoms. The van der Waals surface area contributed by atoms with Crippen LogP contribution in [0.3, 0.4) is 0 Å². The summed E-state index contributed by atoms with van der Waals surface area (Å²) in [6, 6.07) is 3.43. The Morgan fingerprint density at radius 1 is 1.31 bits per heavy atom. The lowest BCUT2D eigenvalue weighted by molar-refractivity contribution is 0.0428. The monoisotopic (exact) mass is 573 g/mol. The smallest absolute Gasteiger partial charge is 0.341 e. The summed E-state index contributed by atoms with van der Waals surface area (Å²) in [5, 5.41) is 7.49. The number of carbonyl (C=O) groups is 1. The van der Waals surface area contributed by atoms with E-state index in [0.29, 0.717) is 35.4 Å². The number of anilines is 2. The first-order valence-corrected chi connectivity index (χ1v) is 14.0. The molecule has 4 aromatic rings. The molecule has 0 radical (unpaired) electrons. The van der Waals surface area contributed by atoms with Gasteiger partial charge in [-0.3, -0.25) is 14.5 Å². The minimum atomic E-state index is -0.655. The van der Waals surface area contributed by atoms with E-state index in [1.165, 1.54) is 6.20 Å². The Hall–Kier alpha value is -4.58. The molecule has 4 rings (SSSR count). The van der Waals surface area contributed by atoms with Crippen LogP contribution in [0.4, 0.5) is 11.8 Å². The second-order valence-corrected chi connectivity index (χ2v) is 10.8. The van der Waals surface area contributed by atoms with Gasteiger partial charge in [-0.15, -0.1) is 6.58 Å². The summed E-state index contributed by atoms with van der Waals surface area (Å²) in [7, 11) is 3.76. The van der Waals surface area contributed by atoms with E-state index in [1.54, 1.807) is 36.4 Å². The van der Waals surface area contributed by atoms with Crippen molar-refractivity contribution in [2.45, 2.75) is 51.6 Å². The van der Waals surface area contributed by atoms with Crippen LogP contribution in [0, 0.1) is 0 Å². The predicted octanol–water partition coefficient (Wildman–Crippen LogP) is 3.92. The van der Waals surface area contributed by atoms with Crippen molar-refractivity contribution < 1.29 is 9.53 Å². The summed E-state index contributed by atoms with van der Waals surface area (Å²) in [5.74, 6) is 0.0612. The summed E-state index contributed by atoms with van der Waals surface area (Å²) < 4.78 is 7.24. The van der Waals surface area contributed by atoms with Crippen molar-refractivity contribution in [2.24, 2.45) is 7.05 Å². The highest BCUT2D eigenvalue weighted by Crippen LogP contribution is 2.30. The third kappa shape index (κ3) is 7.58. The highest BCUT2D eigenvalue weighted by atomic mass is 16.5. The zero-order chi connectivity index (χ0) is 30.3. The number of nitrogens with one attached hydrogen (secondary N) is 2. The summed E-state index contributed by atoms with van der Waals surface area (Å²) in [6.45, 7) is 9.43. The minimum absolute atomic E-state index is 0.0736. The van der Waals surface area contributed by atoms with E-state index in [2.05, 4.69) is 43.8 Å². The van der Waals surface area contributed by atoms with Crippen molar-refractivity contribution >= 4 is 28.8 Å². The Kier molecular flexibility index (Phi) is 9.68. The van der Waals surface area contributed by atoms with Crippen molar-refractivity contribution in [3.8, 4) is 11.1 Å². The molecule has 42 heavy (non-hydrogen) atoms. The number of unbranched alkanes of at least 4 members (excludes halogenated alkanes) is 1. The SMILES string of the molecule is C=CCCN(C)Cc1c[nH]c(=O)cc1-c1cnc2c(N[C@](C)(CCCC)COC(=O)c3cnn(C)c3)nc(N)nc2c1. The Bertz CT molecular complexity index is 1610. The van der Waals surface area contributed by atoms with Crippen LogP contribution >= 0.6 is 0 Å². The van der Waals surface area contributed by atoms with Crippen LogP contribution in [0.1, 0.15) is 55.5 Å². The quantitative estimate of drug-likeness (QED) is 0.149. The molecule has 0 saturated carbocycles. The van der Waals surface area contributed by atoms with Crippen LogP contribution in [-0.4, -0.2) is 66.3 Å². The molecule has 12 heteroatoms. The minimum Gasteiger partial charge on any atom is -0.460 e. The molecular weight excluding hydrogens is 534 g/mol. The Balaban J connectivity index is 1.64. The van der Waals surface area contributed by atoms with Crippen molar-refractivity contribution in [2.75, 3.05) is 31.2 Å². The van der Waals surface area contributed by atoms with E-state index < -0.39 is 11.5 Å². The van der Waals surface area contributed by atoms with Gasteiger partial charge in [-0.1, -0.05) is 25.8 Å². The summed E-state index contributed by atoms with van der Waals surface area (Å²) in [5.41, 5.74) is 9.16. The molecule has 0 aliphatic rings. The number of carbonyl (C=O) groups excluding carboxylic acids is 1. The second-order valence-electron chi connectivity index (χ2n) is 10.8. The van der Waals surface area contributed by atoms with Gasteiger partial charge in [0, 0.05) is 50.4 Å². The molecule has 0 aromatic carbocycles. The number of nitrogen functional groups attached to an aromatic ring is 1. The molecule has 0 aliphatic heterocycles. The highest BCUT2D eigenvalue weighted by molar-refractivity contribution is 5.90. The summed E-state index contributed by atoms with van der Waals surface area (Å²) in [6.07, 6.45) is 11.8. The number of pyridine rings is 2. The van der Waals surface area contributed by atoms with Gasteiger partial charge in [0.1, 0.15) is 12.1 Å². The maximum Gasteiger partial charge on any atom is 0.341 e. The molecule has 0 fully saturated rings. The van der Waals surface area contributed by atoms with Gasteiger partial charge in [0.05, 0.1) is 22.8 Å². The lowest BCUT2D eigenvalue weighted by Gasteiger charge is -2.31. The zero-order valence-corrected chi connectivity index (χ0v) is 24.7. The van der Waals surface area contributed by atoms with Gasteiger partial charge in [0.25, 0.3) is 0 Å². The number of esters is 1. The van der Waals surface area contributed by atoms with E-state index in [1.807, 2.05) is 26.1 Å². The molecule has 222 valence electrons. The van der Waals surface area contributed by atoms with E-state index in [-0.39, 0.29) is 18.1 Å².